The number of aromatic nitrogens is 3. The van der Waals surface area contributed by atoms with Crippen molar-refractivity contribution in [1.29, 1.82) is 0 Å². The second kappa shape index (κ2) is 6.25. The van der Waals surface area contributed by atoms with E-state index < -0.39 is 0 Å². The number of hydrogen-bond acceptors (Lipinski definition) is 3. The van der Waals surface area contributed by atoms with Crippen LogP contribution in [0.4, 0.5) is 0 Å². The predicted molar refractivity (Wildman–Crippen MR) is 93.4 cm³/mol. The average Bonchev–Trinajstić information content (AvgIpc) is 2.51. The fourth-order valence-electron chi connectivity index (χ4n) is 1.83. The molecule has 1 aromatic carbocycles. The predicted octanol–water partition coefficient (Wildman–Crippen LogP) is 5.12. The lowest BCUT2D eigenvalue weighted by molar-refractivity contribution is 1.13. The highest BCUT2D eigenvalue weighted by Gasteiger charge is 2.14. The molecular weight excluding hydrogens is 420 g/mol. The number of halogens is 3. The molecule has 104 valence electrons. The summed E-state index contributed by atoms with van der Waals surface area (Å²) in [6, 6.07) is 13.4. The molecular formula is C15H8Cl2IN3. The van der Waals surface area contributed by atoms with Crippen LogP contribution in [-0.4, -0.2) is 15.0 Å². The van der Waals surface area contributed by atoms with E-state index in [2.05, 4.69) is 37.5 Å². The molecule has 21 heavy (non-hydrogen) atoms. The standard InChI is InChI=1S/C15H8Cl2IN3/c16-10-6-7-11(19-8-10)15-20-13(12(18)14(17)21-15)9-4-2-1-3-5-9/h1-8H. The summed E-state index contributed by atoms with van der Waals surface area (Å²) in [4.78, 5) is 13.1. The quantitative estimate of drug-likeness (QED) is 0.421. The summed E-state index contributed by atoms with van der Waals surface area (Å²) in [5.41, 5.74) is 2.42. The van der Waals surface area contributed by atoms with Crippen LogP contribution < -0.4 is 0 Å². The van der Waals surface area contributed by atoms with Gasteiger partial charge in [0.25, 0.3) is 0 Å². The minimum atomic E-state index is 0.413. The van der Waals surface area contributed by atoms with Crippen molar-refractivity contribution < 1.29 is 0 Å². The van der Waals surface area contributed by atoms with E-state index >= 15 is 0 Å². The minimum Gasteiger partial charge on any atom is -0.251 e. The fourth-order valence-corrected chi connectivity index (χ4v) is 2.66. The average molecular weight is 428 g/mol. The van der Waals surface area contributed by atoms with Crippen LogP contribution in [0.5, 0.6) is 0 Å². The van der Waals surface area contributed by atoms with Gasteiger partial charge in [-0.3, -0.25) is 4.98 Å². The SMILES string of the molecule is Clc1ccc(-c2nc(Cl)c(I)c(-c3ccccc3)n2)nc1. The van der Waals surface area contributed by atoms with Gasteiger partial charge in [0.2, 0.25) is 0 Å². The maximum Gasteiger partial charge on any atom is 0.180 e. The Morgan fingerprint density at radius 1 is 0.905 bits per heavy atom. The summed E-state index contributed by atoms with van der Waals surface area (Å²) in [6.45, 7) is 0. The third kappa shape index (κ3) is 3.17. The molecule has 0 N–H and O–H groups in total. The molecule has 0 spiro atoms. The van der Waals surface area contributed by atoms with Crippen molar-refractivity contribution >= 4 is 45.8 Å². The van der Waals surface area contributed by atoms with Crippen LogP contribution in [-0.2, 0) is 0 Å². The topological polar surface area (TPSA) is 38.7 Å². The van der Waals surface area contributed by atoms with Gasteiger partial charge in [0.1, 0.15) is 10.8 Å². The molecule has 0 aliphatic carbocycles. The van der Waals surface area contributed by atoms with Crippen molar-refractivity contribution in [3.8, 4) is 22.8 Å². The molecule has 3 aromatic rings. The van der Waals surface area contributed by atoms with Gasteiger partial charge in [-0.15, -0.1) is 0 Å². The first-order valence-corrected chi connectivity index (χ1v) is 7.89. The molecule has 0 radical (unpaired) electrons. The fraction of sp³-hybridized carbons (Fsp3) is 0. The van der Waals surface area contributed by atoms with Gasteiger partial charge in [-0.05, 0) is 34.7 Å². The second-order valence-corrected chi connectivity index (χ2v) is 6.10. The maximum atomic E-state index is 6.24. The van der Waals surface area contributed by atoms with Crippen molar-refractivity contribution in [2.24, 2.45) is 0 Å². The van der Waals surface area contributed by atoms with Crippen LogP contribution in [0.1, 0.15) is 0 Å². The van der Waals surface area contributed by atoms with E-state index in [9.17, 15) is 0 Å². The van der Waals surface area contributed by atoms with Crippen LogP contribution in [0.3, 0.4) is 0 Å². The summed E-state index contributed by atoms with van der Waals surface area (Å²) in [7, 11) is 0. The summed E-state index contributed by atoms with van der Waals surface area (Å²) >= 11 is 14.2. The highest BCUT2D eigenvalue weighted by atomic mass is 127. The Balaban J connectivity index is 2.16. The molecule has 0 unspecified atom stereocenters. The van der Waals surface area contributed by atoms with Crippen LogP contribution in [0.25, 0.3) is 22.8 Å². The van der Waals surface area contributed by atoms with E-state index in [1.807, 2.05) is 30.3 Å². The number of nitrogens with zero attached hydrogens (tertiary/aromatic N) is 3. The van der Waals surface area contributed by atoms with E-state index in [0.29, 0.717) is 21.7 Å². The van der Waals surface area contributed by atoms with Crippen LogP contribution in [0, 0.1) is 3.57 Å². The molecule has 2 heterocycles. The van der Waals surface area contributed by atoms with Crippen LogP contribution in [0.15, 0.2) is 48.7 Å². The van der Waals surface area contributed by atoms with Gasteiger partial charge in [-0.2, -0.15) is 0 Å². The van der Waals surface area contributed by atoms with Crippen LogP contribution >= 0.6 is 45.8 Å². The Bertz CT molecular complexity index is 777. The molecule has 0 fully saturated rings. The molecule has 6 heteroatoms. The maximum absolute atomic E-state index is 6.24. The highest BCUT2D eigenvalue weighted by Crippen LogP contribution is 2.30. The van der Waals surface area contributed by atoms with Gasteiger partial charge in [-0.1, -0.05) is 53.5 Å². The lowest BCUT2D eigenvalue weighted by Gasteiger charge is -2.08. The monoisotopic (exact) mass is 427 g/mol. The van der Waals surface area contributed by atoms with Crippen molar-refractivity contribution in [1.82, 2.24) is 15.0 Å². The zero-order valence-corrected chi connectivity index (χ0v) is 14.3. The Kier molecular flexibility index (Phi) is 4.37. The first kappa shape index (κ1) is 14.7. The summed E-state index contributed by atoms with van der Waals surface area (Å²) in [6.07, 6.45) is 1.56. The van der Waals surface area contributed by atoms with E-state index in [1.54, 1.807) is 18.3 Å². The van der Waals surface area contributed by atoms with Gasteiger partial charge >= 0.3 is 0 Å². The molecule has 3 nitrogen and oxygen atoms in total. The molecule has 0 amide bonds. The van der Waals surface area contributed by atoms with Gasteiger partial charge in [0.05, 0.1) is 14.3 Å². The molecule has 2 aromatic heterocycles. The summed E-state index contributed by atoms with van der Waals surface area (Å²) in [5, 5.41) is 0.981. The normalized spacial score (nSPS) is 10.6. The Morgan fingerprint density at radius 3 is 2.33 bits per heavy atom. The van der Waals surface area contributed by atoms with Crippen molar-refractivity contribution in [2.45, 2.75) is 0 Å². The molecule has 0 aliphatic rings. The van der Waals surface area contributed by atoms with E-state index in [0.717, 1.165) is 14.8 Å². The Hall–Kier alpha value is -1.24. The number of pyridine rings is 1. The van der Waals surface area contributed by atoms with Gasteiger partial charge in [-0.25, -0.2) is 9.97 Å². The van der Waals surface area contributed by atoms with E-state index in [4.69, 9.17) is 23.2 Å². The molecule has 3 rings (SSSR count). The smallest absolute Gasteiger partial charge is 0.180 e. The van der Waals surface area contributed by atoms with Crippen molar-refractivity contribution in [3.05, 3.63) is 62.4 Å². The zero-order chi connectivity index (χ0) is 14.8. The second-order valence-electron chi connectivity index (χ2n) is 4.23. The third-order valence-corrected chi connectivity index (χ3v) is 4.65. The van der Waals surface area contributed by atoms with Gasteiger partial charge < -0.3 is 0 Å². The molecule has 0 bridgehead atoms. The van der Waals surface area contributed by atoms with Crippen molar-refractivity contribution in [3.63, 3.8) is 0 Å². The van der Waals surface area contributed by atoms with Gasteiger partial charge in [0.15, 0.2) is 5.82 Å². The molecule has 0 atom stereocenters. The largest absolute Gasteiger partial charge is 0.251 e. The minimum absolute atomic E-state index is 0.413. The Labute approximate surface area is 145 Å². The molecule has 0 aliphatic heterocycles. The molecule has 0 saturated carbocycles. The lowest BCUT2D eigenvalue weighted by atomic mass is 10.1. The first-order chi connectivity index (χ1) is 10.1. The Morgan fingerprint density at radius 2 is 1.67 bits per heavy atom. The lowest BCUT2D eigenvalue weighted by Crippen LogP contribution is -1.98. The number of benzene rings is 1. The summed E-state index contributed by atoms with van der Waals surface area (Å²) < 4.78 is 0.818. The summed E-state index contributed by atoms with van der Waals surface area (Å²) in [5.74, 6) is 0.482. The number of rotatable bonds is 2. The number of hydrogen-bond donors (Lipinski definition) is 0. The zero-order valence-electron chi connectivity index (χ0n) is 10.6. The van der Waals surface area contributed by atoms with E-state index in [1.165, 1.54) is 0 Å². The highest BCUT2D eigenvalue weighted by molar-refractivity contribution is 14.1. The molecule has 0 saturated heterocycles. The third-order valence-electron chi connectivity index (χ3n) is 2.81. The van der Waals surface area contributed by atoms with Crippen LogP contribution in [0.2, 0.25) is 10.2 Å². The van der Waals surface area contributed by atoms with Crippen molar-refractivity contribution in [2.75, 3.05) is 0 Å². The first-order valence-electron chi connectivity index (χ1n) is 6.05. The van der Waals surface area contributed by atoms with E-state index in [-0.39, 0.29) is 0 Å². The van der Waals surface area contributed by atoms with Gasteiger partial charge in [0, 0.05) is 11.8 Å².